The maximum absolute atomic E-state index is 9.36. The van der Waals surface area contributed by atoms with Gasteiger partial charge in [-0.1, -0.05) is 39.8 Å². The van der Waals surface area contributed by atoms with Gasteiger partial charge >= 0.3 is 0 Å². The van der Waals surface area contributed by atoms with Crippen LogP contribution in [0, 0.1) is 11.8 Å². The van der Waals surface area contributed by atoms with Crippen molar-refractivity contribution in [3.8, 4) is 0 Å². The summed E-state index contributed by atoms with van der Waals surface area (Å²) in [5.41, 5.74) is 0. The molecule has 0 saturated carbocycles. The number of hydrogen-bond donors (Lipinski definition) is 2. The SMILES string of the molecule is CC(C)C(O)/C=C/C(O)C(C)C. The molecule has 2 atom stereocenters. The van der Waals surface area contributed by atoms with Crippen LogP contribution in [0.2, 0.25) is 0 Å². The van der Waals surface area contributed by atoms with E-state index >= 15 is 0 Å². The monoisotopic (exact) mass is 172 g/mol. The fraction of sp³-hybridized carbons (Fsp3) is 0.800. The first-order chi connectivity index (χ1) is 5.45. The Bertz CT molecular complexity index is 123. The highest BCUT2D eigenvalue weighted by molar-refractivity contribution is 4.95. The van der Waals surface area contributed by atoms with Crippen LogP contribution in [0.1, 0.15) is 27.7 Å². The van der Waals surface area contributed by atoms with Crippen LogP contribution in [0.3, 0.4) is 0 Å². The Balaban J connectivity index is 3.89. The lowest BCUT2D eigenvalue weighted by atomic mass is 10.0. The second-order valence-electron chi connectivity index (χ2n) is 3.85. The maximum atomic E-state index is 9.36. The average molecular weight is 172 g/mol. The predicted octanol–water partition coefficient (Wildman–Crippen LogP) is 1.58. The van der Waals surface area contributed by atoms with E-state index in [0.717, 1.165) is 0 Å². The van der Waals surface area contributed by atoms with Gasteiger partial charge in [-0.25, -0.2) is 0 Å². The van der Waals surface area contributed by atoms with Gasteiger partial charge in [-0.3, -0.25) is 0 Å². The molecule has 0 heterocycles. The molecule has 2 nitrogen and oxygen atoms in total. The largest absolute Gasteiger partial charge is 0.389 e. The van der Waals surface area contributed by atoms with Gasteiger partial charge < -0.3 is 10.2 Å². The lowest BCUT2D eigenvalue weighted by Crippen LogP contribution is -2.15. The first-order valence-electron chi connectivity index (χ1n) is 4.49. The zero-order valence-electron chi connectivity index (χ0n) is 8.36. The van der Waals surface area contributed by atoms with Crippen LogP contribution in [-0.4, -0.2) is 22.4 Å². The highest BCUT2D eigenvalue weighted by atomic mass is 16.3. The quantitative estimate of drug-likeness (QED) is 0.632. The van der Waals surface area contributed by atoms with Gasteiger partial charge in [0.2, 0.25) is 0 Å². The van der Waals surface area contributed by atoms with Crippen LogP contribution in [0.25, 0.3) is 0 Å². The molecule has 2 N–H and O–H groups in total. The molecular weight excluding hydrogens is 152 g/mol. The number of aliphatic hydroxyl groups is 2. The van der Waals surface area contributed by atoms with Crippen molar-refractivity contribution in [2.45, 2.75) is 39.9 Å². The van der Waals surface area contributed by atoms with Crippen LogP contribution in [0.5, 0.6) is 0 Å². The number of aliphatic hydroxyl groups excluding tert-OH is 2. The highest BCUT2D eigenvalue weighted by Gasteiger charge is 2.07. The normalized spacial score (nSPS) is 17.7. The van der Waals surface area contributed by atoms with E-state index in [-0.39, 0.29) is 11.8 Å². The summed E-state index contributed by atoms with van der Waals surface area (Å²) in [4.78, 5) is 0. The summed E-state index contributed by atoms with van der Waals surface area (Å²) in [6.45, 7) is 7.76. The number of rotatable bonds is 4. The summed E-state index contributed by atoms with van der Waals surface area (Å²) in [6, 6.07) is 0. The minimum atomic E-state index is -0.446. The van der Waals surface area contributed by atoms with Crippen LogP contribution >= 0.6 is 0 Å². The average Bonchev–Trinajstić information content (AvgIpc) is 1.98. The Kier molecular flexibility index (Phi) is 5.18. The van der Waals surface area contributed by atoms with Crippen molar-refractivity contribution in [3.63, 3.8) is 0 Å². The van der Waals surface area contributed by atoms with E-state index in [9.17, 15) is 10.2 Å². The third-order valence-electron chi connectivity index (χ3n) is 1.87. The molecule has 2 unspecified atom stereocenters. The van der Waals surface area contributed by atoms with Crippen molar-refractivity contribution in [2.24, 2.45) is 11.8 Å². The lowest BCUT2D eigenvalue weighted by Gasteiger charge is -2.12. The molecule has 0 bridgehead atoms. The van der Waals surface area contributed by atoms with Gasteiger partial charge in [0.15, 0.2) is 0 Å². The second-order valence-corrected chi connectivity index (χ2v) is 3.85. The predicted molar refractivity (Wildman–Crippen MR) is 50.8 cm³/mol. The minimum absolute atomic E-state index is 0.209. The van der Waals surface area contributed by atoms with Crippen molar-refractivity contribution in [3.05, 3.63) is 12.2 Å². The minimum Gasteiger partial charge on any atom is -0.389 e. The molecule has 0 spiro atoms. The Morgan fingerprint density at radius 2 is 1.00 bits per heavy atom. The summed E-state index contributed by atoms with van der Waals surface area (Å²) >= 11 is 0. The van der Waals surface area contributed by atoms with Crippen molar-refractivity contribution in [1.29, 1.82) is 0 Å². The van der Waals surface area contributed by atoms with Gasteiger partial charge in [0, 0.05) is 0 Å². The van der Waals surface area contributed by atoms with Crippen LogP contribution in [0.4, 0.5) is 0 Å². The van der Waals surface area contributed by atoms with E-state index in [1.54, 1.807) is 12.2 Å². The first-order valence-corrected chi connectivity index (χ1v) is 4.49. The zero-order chi connectivity index (χ0) is 9.72. The Morgan fingerprint density at radius 1 is 0.750 bits per heavy atom. The third-order valence-corrected chi connectivity index (χ3v) is 1.87. The van der Waals surface area contributed by atoms with Crippen LogP contribution in [0.15, 0.2) is 12.2 Å². The standard InChI is InChI=1S/C10H20O2/c1-7(2)9(11)5-6-10(12)8(3)4/h5-12H,1-4H3/b6-5+. The van der Waals surface area contributed by atoms with Crippen LogP contribution < -0.4 is 0 Å². The second kappa shape index (κ2) is 5.33. The molecule has 0 amide bonds. The fourth-order valence-corrected chi connectivity index (χ4v) is 0.672. The van der Waals surface area contributed by atoms with E-state index in [1.165, 1.54) is 0 Å². The lowest BCUT2D eigenvalue weighted by molar-refractivity contribution is 0.156. The van der Waals surface area contributed by atoms with Gasteiger partial charge in [0.25, 0.3) is 0 Å². The van der Waals surface area contributed by atoms with E-state index < -0.39 is 12.2 Å². The molecule has 72 valence electrons. The van der Waals surface area contributed by atoms with Crippen molar-refractivity contribution < 1.29 is 10.2 Å². The molecule has 0 aliphatic heterocycles. The molecular formula is C10H20O2. The molecule has 0 aliphatic rings. The summed E-state index contributed by atoms with van der Waals surface area (Å²) in [7, 11) is 0. The highest BCUT2D eigenvalue weighted by Crippen LogP contribution is 2.06. The van der Waals surface area contributed by atoms with Crippen molar-refractivity contribution >= 4 is 0 Å². The van der Waals surface area contributed by atoms with E-state index in [1.807, 2.05) is 27.7 Å². The first kappa shape index (κ1) is 11.7. The van der Waals surface area contributed by atoms with Crippen molar-refractivity contribution in [1.82, 2.24) is 0 Å². The molecule has 0 aromatic carbocycles. The van der Waals surface area contributed by atoms with E-state index in [2.05, 4.69) is 0 Å². The molecule has 0 rings (SSSR count). The Morgan fingerprint density at radius 3 is 1.17 bits per heavy atom. The molecule has 0 fully saturated rings. The molecule has 0 aromatic heterocycles. The van der Waals surface area contributed by atoms with Gasteiger partial charge in [0.1, 0.15) is 0 Å². The summed E-state index contributed by atoms with van der Waals surface area (Å²) in [5.74, 6) is 0.418. The Hall–Kier alpha value is -0.340. The van der Waals surface area contributed by atoms with Crippen LogP contribution in [-0.2, 0) is 0 Å². The van der Waals surface area contributed by atoms with E-state index in [0.29, 0.717) is 0 Å². The summed E-state index contributed by atoms with van der Waals surface area (Å²) in [5, 5.41) is 18.7. The molecule has 12 heavy (non-hydrogen) atoms. The zero-order valence-corrected chi connectivity index (χ0v) is 8.36. The third kappa shape index (κ3) is 4.52. The molecule has 0 saturated heterocycles. The van der Waals surface area contributed by atoms with Gasteiger partial charge in [-0.15, -0.1) is 0 Å². The molecule has 2 heteroatoms. The van der Waals surface area contributed by atoms with Gasteiger partial charge in [0.05, 0.1) is 12.2 Å². The topological polar surface area (TPSA) is 40.5 Å². The smallest absolute Gasteiger partial charge is 0.0744 e. The molecule has 0 radical (unpaired) electrons. The summed E-state index contributed by atoms with van der Waals surface area (Å²) in [6.07, 6.45) is 2.43. The summed E-state index contributed by atoms with van der Waals surface area (Å²) < 4.78 is 0. The van der Waals surface area contributed by atoms with Crippen molar-refractivity contribution in [2.75, 3.05) is 0 Å². The maximum Gasteiger partial charge on any atom is 0.0744 e. The fourth-order valence-electron chi connectivity index (χ4n) is 0.672. The molecule has 0 aromatic rings. The van der Waals surface area contributed by atoms with E-state index in [4.69, 9.17) is 0 Å². The molecule has 0 aliphatic carbocycles. The Labute approximate surface area is 74.9 Å². The van der Waals surface area contributed by atoms with Gasteiger partial charge in [-0.2, -0.15) is 0 Å². The van der Waals surface area contributed by atoms with Gasteiger partial charge in [-0.05, 0) is 11.8 Å². The number of hydrogen-bond acceptors (Lipinski definition) is 2.